The zero-order valence-corrected chi connectivity index (χ0v) is 10.7. The Bertz CT molecular complexity index is 404. The summed E-state index contributed by atoms with van der Waals surface area (Å²) in [4.78, 5) is 2.40. The van der Waals surface area contributed by atoms with Crippen molar-refractivity contribution >= 4 is 5.69 Å². The van der Waals surface area contributed by atoms with Crippen LogP contribution in [0.5, 0.6) is 0 Å². The number of nitrogens with zero attached hydrogens (tertiary/aromatic N) is 1. The zero-order chi connectivity index (χ0) is 11.4. The van der Waals surface area contributed by atoms with E-state index in [1.165, 1.54) is 22.4 Å². The molecule has 82 valence electrons. The van der Waals surface area contributed by atoms with E-state index in [0.717, 1.165) is 0 Å². The van der Waals surface area contributed by atoms with Gasteiger partial charge in [0, 0.05) is 24.2 Å². The first-order chi connectivity index (χ1) is 6.87. The van der Waals surface area contributed by atoms with Crippen LogP contribution in [0.2, 0.25) is 0 Å². The average molecular weight is 203 g/mol. The zero-order valence-electron chi connectivity index (χ0n) is 10.7. The van der Waals surface area contributed by atoms with Gasteiger partial charge in [-0.05, 0) is 43.5 Å². The van der Waals surface area contributed by atoms with E-state index in [9.17, 15) is 0 Å². The van der Waals surface area contributed by atoms with Crippen molar-refractivity contribution in [1.29, 1.82) is 0 Å². The van der Waals surface area contributed by atoms with Crippen molar-refractivity contribution in [2.75, 3.05) is 11.9 Å². The van der Waals surface area contributed by atoms with Crippen molar-refractivity contribution in [3.63, 3.8) is 0 Å². The van der Waals surface area contributed by atoms with Crippen LogP contribution >= 0.6 is 0 Å². The van der Waals surface area contributed by atoms with Gasteiger partial charge in [0.25, 0.3) is 0 Å². The van der Waals surface area contributed by atoms with Crippen molar-refractivity contribution in [3.05, 3.63) is 28.8 Å². The highest BCUT2D eigenvalue weighted by Gasteiger charge is 2.41. The Morgan fingerprint density at radius 2 is 1.80 bits per heavy atom. The number of rotatable bonds is 0. The smallest absolute Gasteiger partial charge is 0.0408 e. The molecule has 0 saturated carbocycles. The van der Waals surface area contributed by atoms with E-state index in [1.807, 2.05) is 0 Å². The number of aryl methyl sites for hydroxylation is 1. The molecule has 1 unspecified atom stereocenters. The topological polar surface area (TPSA) is 3.24 Å². The molecule has 15 heavy (non-hydrogen) atoms. The highest BCUT2D eigenvalue weighted by molar-refractivity contribution is 5.67. The molecular weight excluding hydrogens is 182 g/mol. The second-order valence-electron chi connectivity index (χ2n) is 5.41. The first-order valence-corrected chi connectivity index (χ1v) is 5.71. The van der Waals surface area contributed by atoms with Gasteiger partial charge in [-0.3, -0.25) is 0 Å². The van der Waals surface area contributed by atoms with Crippen LogP contribution in [0.15, 0.2) is 12.1 Å². The quantitative estimate of drug-likeness (QED) is 0.624. The number of fused-ring (bicyclic) bond motifs is 1. The fourth-order valence-electron chi connectivity index (χ4n) is 2.81. The van der Waals surface area contributed by atoms with Gasteiger partial charge in [0.15, 0.2) is 0 Å². The lowest BCUT2D eigenvalue weighted by Crippen LogP contribution is -2.36. The van der Waals surface area contributed by atoms with Crippen LogP contribution in [0.4, 0.5) is 5.69 Å². The normalized spacial score (nSPS) is 23.1. The van der Waals surface area contributed by atoms with Gasteiger partial charge in [-0.2, -0.15) is 0 Å². The molecule has 0 bridgehead atoms. The summed E-state index contributed by atoms with van der Waals surface area (Å²) in [6, 6.07) is 5.08. The highest BCUT2D eigenvalue weighted by atomic mass is 15.2. The lowest BCUT2D eigenvalue weighted by atomic mass is 9.78. The van der Waals surface area contributed by atoms with Crippen LogP contribution < -0.4 is 4.90 Å². The summed E-state index contributed by atoms with van der Waals surface area (Å²) in [7, 11) is 2.20. The number of anilines is 1. The van der Waals surface area contributed by atoms with Gasteiger partial charge in [0.1, 0.15) is 0 Å². The monoisotopic (exact) mass is 203 g/mol. The van der Waals surface area contributed by atoms with Crippen molar-refractivity contribution in [1.82, 2.24) is 0 Å². The van der Waals surface area contributed by atoms with E-state index in [0.29, 0.717) is 6.04 Å². The molecule has 0 aliphatic carbocycles. The van der Waals surface area contributed by atoms with Gasteiger partial charge in [-0.25, -0.2) is 0 Å². The molecule has 0 fully saturated rings. The Kier molecular flexibility index (Phi) is 2.11. The van der Waals surface area contributed by atoms with Crippen LogP contribution in [0.1, 0.15) is 37.5 Å². The molecule has 1 atom stereocenters. The molecule has 0 saturated heterocycles. The third kappa shape index (κ3) is 1.22. The minimum absolute atomic E-state index is 0.264. The van der Waals surface area contributed by atoms with Gasteiger partial charge in [0.2, 0.25) is 0 Å². The molecule has 0 aromatic heterocycles. The van der Waals surface area contributed by atoms with Crippen molar-refractivity contribution in [2.45, 2.75) is 46.1 Å². The van der Waals surface area contributed by atoms with Gasteiger partial charge in [0.05, 0.1) is 0 Å². The molecule has 0 spiro atoms. The van der Waals surface area contributed by atoms with Gasteiger partial charge in [-0.1, -0.05) is 19.9 Å². The van der Waals surface area contributed by atoms with Gasteiger partial charge >= 0.3 is 0 Å². The molecule has 1 aromatic rings. The van der Waals surface area contributed by atoms with Crippen molar-refractivity contribution in [3.8, 4) is 0 Å². The third-order valence-electron chi connectivity index (χ3n) is 4.36. The summed E-state index contributed by atoms with van der Waals surface area (Å²) < 4.78 is 0. The Morgan fingerprint density at radius 1 is 1.20 bits per heavy atom. The SMILES string of the molecule is Cc1ccc2c(c1C)C(C)(C)C(C)N2C. The van der Waals surface area contributed by atoms with Crippen molar-refractivity contribution in [2.24, 2.45) is 0 Å². The van der Waals surface area contributed by atoms with E-state index in [2.05, 4.69) is 58.7 Å². The Hall–Kier alpha value is -0.980. The molecule has 1 nitrogen and oxygen atoms in total. The maximum atomic E-state index is 2.40. The Labute approximate surface area is 93.1 Å². The fourth-order valence-corrected chi connectivity index (χ4v) is 2.81. The Balaban J connectivity index is 2.73. The number of hydrogen-bond acceptors (Lipinski definition) is 1. The molecule has 1 aliphatic heterocycles. The van der Waals surface area contributed by atoms with Gasteiger partial charge in [-0.15, -0.1) is 0 Å². The van der Waals surface area contributed by atoms with E-state index >= 15 is 0 Å². The van der Waals surface area contributed by atoms with Crippen LogP contribution in [0.3, 0.4) is 0 Å². The second kappa shape index (κ2) is 3.01. The average Bonchev–Trinajstić information content (AvgIpc) is 2.34. The first kappa shape index (κ1) is 10.5. The second-order valence-corrected chi connectivity index (χ2v) is 5.41. The summed E-state index contributed by atoms with van der Waals surface area (Å²) in [5.74, 6) is 0. The molecular formula is C14H21N. The molecule has 1 heteroatoms. The summed E-state index contributed by atoms with van der Waals surface area (Å²) in [6.45, 7) is 11.5. The predicted molar refractivity (Wildman–Crippen MR) is 66.8 cm³/mol. The van der Waals surface area contributed by atoms with Crippen LogP contribution in [-0.2, 0) is 5.41 Å². The van der Waals surface area contributed by atoms with Gasteiger partial charge < -0.3 is 4.90 Å². The molecule has 1 aliphatic rings. The standard InChI is InChI=1S/C14H21N/c1-9-7-8-12-13(10(9)2)14(4,5)11(3)15(12)6/h7-8,11H,1-6H3. The predicted octanol–water partition coefficient (Wildman–Crippen LogP) is 3.42. The van der Waals surface area contributed by atoms with E-state index in [4.69, 9.17) is 0 Å². The summed E-state index contributed by atoms with van der Waals surface area (Å²) in [6.07, 6.45) is 0. The lowest BCUT2D eigenvalue weighted by Gasteiger charge is -2.29. The third-order valence-corrected chi connectivity index (χ3v) is 4.36. The van der Waals surface area contributed by atoms with Crippen LogP contribution in [-0.4, -0.2) is 13.1 Å². The lowest BCUT2D eigenvalue weighted by molar-refractivity contribution is 0.452. The fraction of sp³-hybridized carbons (Fsp3) is 0.571. The largest absolute Gasteiger partial charge is 0.371 e. The summed E-state index contributed by atoms with van der Waals surface area (Å²) in [5.41, 5.74) is 6.09. The number of benzene rings is 1. The van der Waals surface area contributed by atoms with E-state index in [1.54, 1.807) is 0 Å². The maximum Gasteiger partial charge on any atom is 0.0408 e. The number of likely N-dealkylation sites (N-methyl/N-ethyl adjacent to an activating group) is 1. The maximum absolute atomic E-state index is 2.40. The van der Waals surface area contributed by atoms with E-state index < -0.39 is 0 Å². The molecule has 0 radical (unpaired) electrons. The Morgan fingerprint density at radius 3 is 2.40 bits per heavy atom. The molecule has 1 aromatic carbocycles. The molecule has 0 amide bonds. The van der Waals surface area contributed by atoms with Crippen molar-refractivity contribution < 1.29 is 0 Å². The summed E-state index contributed by atoms with van der Waals surface area (Å²) in [5, 5.41) is 0. The molecule has 1 heterocycles. The van der Waals surface area contributed by atoms with Crippen LogP contribution in [0, 0.1) is 13.8 Å². The number of hydrogen-bond donors (Lipinski definition) is 0. The minimum atomic E-state index is 0.264. The molecule has 0 N–H and O–H groups in total. The van der Waals surface area contributed by atoms with E-state index in [-0.39, 0.29) is 5.41 Å². The summed E-state index contributed by atoms with van der Waals surface area (Å²) >= 11 is 0. The minimum Gasteiger partial charge on any atom is -0.371 e. The first-order valence-electron chi connectivity index (χ1n) is 5.71. The highest BCUT2D eigenvalue weighted by Crippen LogP contribution is 2.46. The van der Waals surface area contributed by atoms with Crippen LogP contribution in [0.25, 0.3) is 0 Å². The molecule has 2 rings (SSSR count).